The molecular formula is C15H19NO2. The van der Waals surface area contributed by atoms with E-state index in [1.54, 1.807) is 6.07 Å². The SMILES string of the molecule is C=C(C)CCN1CCCc2cc(C(=O)O)ccc21. The summed E-state index contributed by atoms with van der Waals surface area (Å²) in [6.07, 6.45) is 3.05. The van der Waals surface area contributed by atoms with Crippen molar-refractivity contribution >= 4 is 11.7 Å². The fraction of sp³-hybridized carbons (Fsp3) is 0.400. The Morgan fingerprint density at radius 2 is 2.28 bits per heavy atom. The summed E-state index contributed by atoms with van der Waals surface area (Å²) >= 11 is 0. The average Bonchev–Trinajstić information content (AvgIpc) is 2.35. The zero-order valence-corrected chi connectivity index (χ0v) is 10.8. The Morgan fingerprint density at radius 3 is 2.94 bits per heavy atom. The first-order valence-electron chi connectivity index (χ1n) is 6.33. The third kappa shape index (κ3) is 2.73. The molecule has 0 unspecified atom stereocenters. The Bertz CT molecular complexity index is 479. The van der Waals surface area contributed by atoms with E-state index in [9.17, 15) is 4.79 Å². The second-order valence-corrected chi connectivity index (χ2v) is 4.95. The van der Waals surface area contributed by atoms with Crippen LogP contribution in [0.1, 0.15) is 35.7 Å². The van der Waals surface area contributed by atoms with Crippen LogP contribution in [0.4, 0.5) is 5.69 Å². The molecule has 0 atom stereocenters. The van der Waals surface area contributed by atoms with E-state index >= 15 is 0 Å². The molecule has 0 saturated heterocycles. The van der Waals surface area contributed by atoms with E-state index in [0.29, 0.717) is 5.56 Å². The molecule has 0 fully saturated rings. The van der Waals surface area contributed by atoms with E-state index in [1.165, 1.54) is 11.3 Å². The monoisotopic (exact) mass is 245 g/mol. The molecule has 0 spiro atoms. The van der Waals surface area contributed by atoms with Gasteiger partial charge in [0.15, 0.2) is 0 Å². The van der Waals surface area contributed by atoms with Crippen LogP contribution in [0.5, 0.6) is 0 Å². The maximum absolute atomic E-state index is 11.0. The number of hydrogen-bond donors (Lipinski definition) is 1. The van der Waals surface area contributed by atoms with Crippen molar-refractivity contribution in [3.63, 3.8) is 0 Å². The van der Waals surface area contributed by atoms with Crippen LogP contribution in [0.15, 0.2) is 30.4 Å². The highest BCUT2D eigenvalue weighted by Crippen LogP contribution is 2.28. The third-order valence-electron chi connectivity index (χ3n) is 3.35. The van der Waals surface area contributed by atoms with E-state index in [4.69, 9.17) is 5.11 Å². The molecule has 0 radical (unpaired) electrons. The number of hydrogen-bond acceptors (Lipinski definition) is 2. The summed E-state index contributed by atoms with van der Waals surface area (Å²) < 4.78 is 0. The quantitative estimate of drug-likeness (QED) is 0.829. The lowest BCUT2D eigenvalue weighted by Gasteiger charge is -2.31. The van der Waals surface area contributed by atoms with Gasteiger partial charge in [-0.25, -0.2) is 4.79 Å². The zero-order chi connectivity index (χ0) is 13.1. The van der Waals surface area contributed by atoms with Gasteiger partial charge in [-0.05, 0) is 49.9 Å². The number of benzene rings is 1. The normalized spacial score (nSPS) is 14.2. The lowest BCUT2D eigenvalue weighted by molar-refractivity contribution is 0.0697. The lowest BCUT2D eigenvalue weighted by atomic mass is 9.99. The largest absolute Gasteiger partial charge is 0.478 e. The first-order valence-corrected chi connectivity index (χ1v) is 6.33. The number of carbonyl (C=O) groups is 1. The highest BCUT2D eigenvalue weighted by Gasteiger charge is 2.17. The van der Waals surface area contributed by atoms with Gasteiger partial charge in [0.2, 0.25) is 0 Å². The number of nitrogens with zero attached hydrogens (tertiary/aromatic N) is 1. The van der Waals surface area contributed by atoms with Crippen molar-refractivity contribution in [2.75, 3.05) is 18.0 Å². The molecule has 2 rings (SSSR count). The van der Waals surface area contributed by atoms with Gasteiger partial charge in [0, 0.05) is 18.8 Å². The van der Waals surface area contributed by atoms with Crippen LogP contribution in [-0.4, -0.2) is 24.2 Å². The minimum Gasteiger partial charge on any atom is -0.478 e. The van der Waals surface area contributed by atoms with Gasteiger partial charge in [-0.15, -0.1) is 6.58 Å². The molecule has 1 aliphatic rings. The van der Waals surface area contributed by atoms with Crippen molar-refractivity contribution < 1.29 is 9.90 Å². The number of fused-ring (bicyclic) bond motifs is 1. The molecule has 0 bridgehead atoms. The Hall–Kier alpha value is -1.77. The Morgan fingerprint density at radius 1 is 1.50 bits per heavy atom. The Balaban J connectivity index is 2.21. The summed E-state index contributed by atoms with van der Waals surface area (Å²) in [6.45, 7) is 7.98. The smallest absolute Gasteiger partial charge is 0.335 e. The standard InChI is InChI=1S/C15H19NO2/c1-11(2)7-9-16-8-3-4-12-10-13(15(17)18)5-6-14(12)16/h5-6,10H,1,3-4,7-9H2,2H3,(H,17,18). The molecule has 18 heavy (non-hydrogen) atoms. The molecule has 0 aromatic heterocycles. The van der Waals surface area contributed by atoms with Crippen molar-refractivity contribution in [3.8, 4) is 0 Å². The van der Waals surface area contributed by atoms with E-state index < -0.39 is 5.97 Å². The molecule has 1 aromatic rings. The van der Waals surface area contributed by atoms with Gasteiger partial charge in [-0.3, -0.25) is 0 Å². The fourth-order valence-electron chi connectivity index (χ4n) is 2.37. The van der Waals surface area contributed by atoms with Crippen LogP contribution in [0, 0.1) is 0 Å². The van der Waals surface area contributed by atoms with Crippen molar-refractivity contribution in [3.05, 3.63) is 41.5 Å². The molecular weight excluding hydrogens is 226 g/mol. The van der Waals surface area contributed by atoms with Gasteiger partial charge < -0.3 is 10.0 Å². The van der Waals surface area contributed by atoms with Gasteiger partial charge in [-0.2, -0.15) is 0 Å². The number of aromatic carboxylic acids is 1. The molecule has 0 saturated carbocycles. The highest BCUT2D eigenvalue weighted by atomic mass is 16.4. The minimum absolute atomic E-state index is 0.385. The summed E-state index contributed by atoms with van der Waals surface area (Å²) in [5.74, 6) is -0.850. The fourth-order valence-corrected chi connectivity index (χ4v) is 2.37. The third-order valence-corrected chi connectivity index (χ3v) is 3.35. The predicted octanol–water partition coefficient (Wildman–Crippen LogP) is 3.10. The van der Waals surface area contributed by atoms with Crippen LogP contribution < -0.4 is 4.90 Å². The van der Waals surface area contributed by atoms with Gasteiger partial charge >= 0.3 is 5.97 Å². The molecule has 1 aliphatic heterocycles. The molecule has 3 heteroatoms. The average molecular weight is 245 g/mol. The Kier molecular flexibility index (Phi) is 3.70. The van der Waals surface area contributed by atoms with Crippen LogP contribution in [-0.2, 0) is 6.42 Å². The lowest BCUT2D eigenvalue weighted by Crippen LogP contribution is -2.30. The van der Waals surface area contributed by atoms with Gasteiger partial charge in [-0.1, -0.05) is 5.57 Å². The topological polar surface area (TPSA) is 40.5 Å². The van der Waals surface area contributed by atoms with Crippen LogP contribution in [0.25, 0.3) is 0 Å². The van der Waals surface area contributed by atoms with E-state index in [0.717, 1.165) is 37.9 Å². The number of aryl methyl sites for hydroxylation is 1. The molecule has 0 aliphatic carbocycles. The summed E-state index contributed by atoms with van der Waals surface area (Å²) in [6, 6.07) is 5.45. The maximum atomic E-state index is 11.0. The second kappa shape index (κ2) is 5.25. The first-order chi connectivity index (χ1) is 8.58. The Labute approximate surface area is 108 Å². The first kappa shape index (κ1) is 12.7. The number of anilines is 1. The van der Waals surface area contributed by atoms with E-state index in [1.807, 2.05) is 19.1 Å². The van der Waals surface area contributed by atoms with E-state index in [-0.39, 0.29) is 0 Å². The molecule has 0 amide bonds. The maximum Gasteiger partial charge on any atom is 0.335 e. The van der Waals surface area contributed by atoms with Gasteiger partial charge in [0.1, 0.15) is 0 Å². The number of carboxylic acid groups (broad SMARTS) is 1. The van der Waals surface area contributed by atoms with Crippen molar-refractivity contribution in [2.24, 2.45) is 0 Å². The van der Waals surface area contributed by atoms with E-state index in [2.05, 4.69) is 11.5 Å². The molecule has 3 nitrogen and oxygen atoms in total. The highest BCUT2D eigenvalue weighted by molar-refractivity contribution is 5.88. The predicted molar refractivity (Wildman–Crippen MR) is 73.4 cm³/mol. The summed E-state index contributed by atoms with van der Waals surface area (Å²) in [5.41, 5.74) is 3.91. The summed E-state index contributed by atoms with van der Waals surface area (Å²) in [4.78, 5) is 13.3. The summed E-state index contributed by atoms with van der Waals surface area (Å²) in [5, 5.41) is 9.00. The molecule has 1 aromatic carbocycles. The van der Waals surface area contributed by atoms with Gasteiger partial charge in [0.05, 0.1) is 5.56 Å². The number of carboxylic acids is 1. The molecule has 1 N–H and O–H groups in total. The minimum atomic E-state index is -0.850. The van der Waals surface area contributed by atoms with Crippen molar-refractivity contribution in [1.29, 1.82) is 0 Å². The van der Waals surface area contributed by atoms with Crippen molar-refractivity contribution in [1.82, 2.24) is 0 Å². The second-order valence-electron chi connectivity index (χ2n) is 4.95. The molecule has 1 heterocycles. The number of rotatable bonds is 4. The van der Waals surface area contributed by atoms with Crippen molar-refractivity contribution in [2.45, 2.75) is 26.2 Å². The molecule has 96 valence electrons. The van der Waals surface area contributed by atoms with Crippen LogP contribution in [0.3, 0.4) is 0 Å². The zero-order valence-electron chi connectivity index (χ0n) is 10.8. The van der Waals surface area contributed by atoms with Crippen LogP contribution in [0.2, 0.25) is 0 Å². The summed E-state index contributed by atoms with van der Waals surface area (Å²) in [7, 11) is 0. The van der Waals surface area contributed by atoms with Crippen LogP contribution >= 0.6 is 0 Å². The van der Waals surface area contributed by atoms with Gasteiger partial charge in [0.25, 0.3) is 0 Å².